The van der Waals surface area contributed by atoms with Gasteiger partial charge < -0.3 is 10.1 Å². The molecule has 1 amide bonds. The topological polar surface area (TPSA) is 62.7 Å². The van der Waals surface area contributed by atoms with Gasteiger partial charge >= 0.3 is 0 Å². The average molecular weight is 390 g/mol. The van der Waals surface area contributed by atoms with Crippen LogP contribution in [0.5, 0.6) is 5.75 Å². The van der Waals surface area contributed by atoms with Crippen molar-refractivity contribution in [3.05, 3.63) is 58.1 Å². The van der Waals surface area contributed by atoms with Crippen molar-refractivity contribution in [2.24, 2.45) is 5.10 Å². The highest BCUT2D eigenvalue weighted by Gasteiger charge is 2.11. The van der Waals surface area contributed by atoms with E-state index in [4.69, 9.17) is 4.74 Å². The Labute approximate surface area is 150 Å². The SMILES string of the molecule is COc1ccc(Br)cc1/C=N\NC(=O)[C@@H](C)Nc1cccc(C)c1. The van der Waals surface area contributed by atoms with Crippen LogP contribution in [0.3, 0.4) is 0 Å². The van der Waals surface area contributed by atoms with Crippen LogP contribution in [0, 0.1) is 6.92 Å². The van der Waals surface area contributed by atoms with Gasteiger partial charge in [-0.15, -0.1) is 0 Å². The highest BCUT2D eigenvalue weighted by molar-refractivity contribution is 9.10. The van der Waals surface area contributed by atoms with Crippen molar-refractivity contribution in [1.82, 2.24) is 5.43 Å². The molecule has 0 fully saturated rings. The fourth-order valence-electron chi connectivity index (χ4n) is 2.12. The third-order valence-electron chi connectivity index (χ3n) is 3.36. The van der Waals surface area contributed by atoms with Crippen molar-refractivity contribution < 1.29 is 9.53 Å². The maximum absolute atomic E-state index is 12.1. The Morgan fingerprint density at radius 1 is 1.29 bits per heavy atom. The van der Waals surface area contributed by atoms with Gasteiger partial charge in [-0.05, 0) is 49.7 Å². The van der Waals surface area contributed by atoms with E-state index in [9.17, 15) is 4.79 Å². The molecule has 0 saturated heterocycles. The normalized spacial score (nSPS) is 12.0. The molecule has 0 spiro atoms. The van der Waals surface area contributed by atoms with Crippen molar-refractivity contribution in [2.75, 3.05) is 12.4 Å². The summed E-state index contributed by atoms with van der Waals surface area (Å²) in [4.78, 5) is 12.1. The largest absolute Gasteiger partial charge is 0.496 e. The molecule has 0 saturated carbocycles. The minimum absolute atomic E-state index is 0.221. The van der Waals surface area contributed by atoms with Crippen LogP contribution in [0.4, 0.5) is 5.69 Å². The lowest BCUT2D eigenvalue weighted by atomic mass is 10.2. The smallest absolute Gasteiger partial charge is 0.262 e. The first-order valence-electron chi connectivity index (χ1n) is 7.49. The van der Waals surface area contributed by atoms with E-state index in [-0.39, 0.29) is 5.91 Å². The van der Waals surface area contributed by atoms with Gasteiger partial charge in [0.25, 0.3) is 5.91 Å². The number of benzene rings is 2. The number of rotatable bonds is 6. The number of hydrogen-bond acceptors (Lipinski definition) is 4. The number of aryl methyl sites for hydroxylation is 1. The number of carbonyl (C=O) groups excluding carboxylic acids is 1. The van der Waals surface area contributed by atoms with E-state index in [0.29, 0.717) is 5.75 Å². The summed E-state index contributed by atoms with van der Waals surface area (Å²) in [7, 11) is 1.59. The van der Waals surface area contributed by atoms with Crippen LogP contribution < -0.4 is 15.5 Å². The number of carbonyl (C=O) groups is 1. The predicted molar refractivity (Wildman–Crippen MR) is 101 cm³/mol. The van der Waals surface area contributed by atoms with Gasteiger partial charge in [-0.25, -0.2) is 5.43 Å². The van der Waals surface area contributed by atoms with Gasteiger partial charge in [0, 0.05) is 15.7 Å². The van der Waals surface area contributed by atoms with Crippen LogP contribution in [0.2, 0.25) is 0 Å². The second-order valence-corrected chi connectivity index (χ2v) is 6.27. The summed E-state index contributed by atoms with van der Waals surface area (Å²) in [6, 6.07) is 13.0. The Hall–Kier alpha value is -2.34. The third-order valence-corrected chi connectivity index (χ3v) is 3.86. The van der Waals surface area contributed by atoms with Crippen molar-refractivity contribution in [3.63, 3.8) is 0 Å². The molecule has 1 atom stereocenters. The van der Waals surface area contributed by atoms with E-state index in [1.54, 1.807) is 20.2 Å². The Morgan fingerprint density at radius 3 is 2.79 bits per heavy atom. The zero-order valence-electron chi connectivity index (χ0n) is 13.8. The average Bonchev–Trinajstić information content (AvgIpc) is 2.55. The Balaban J connectivity index is 1.96. The molecular weight excluding hydrogens is 370 g/mol. The Morgan fingerprint density at radius 2 is 2.08 bits per heavy atom. The second kappa shape index (κ2) is 8.49. The second-order valence-electron chi connectivity index (χ2n) is 5.36. The minimum atomic E-state index is -0.409. The quantitative estimate of drug-likeness (QED) is 0.584. The summed E-state index contributed by atoms with van der Waals surface area (Å²) < 4.78 is 6.17. The minimum Gasteiger partial charge on any atom is -0.496 e. The lowest BCUT2D eigenvalue weighted by Crippen LogP contribution is -2.34. The molecular formula is C18H20BrN3O2. The van der Waals surface area contributed by atoms with E-state index >= 15 is 0 Å². The molecule has 2 aromatic carbocycles. The number of amides is 1. The van der Waals surface area contributed by atoms with Gasteiger partial charge in [0.1, 0.15) is 11.8 Å². The summed E-state index contributed by atoms with van der Waals surface area (Å²) >= 11 is 3.40. The highest BCUT2D eigenvalue weighted by Crippen LogP contribution is 2.21. The van der Waals surface area contributed by atoms with Crippen molar-refractivity contribution >= 4 is 33.7 Å². The number of nitrogens with zero attached hydrogens (tertiary/aromatic N) is 1. The summed E-state index contributed by atoms with van der Waals surface area (Å²) in [6.07, 6.45) is 1.56. The molecule has 6 heteroatoms. The molecule has 0 aliphatic carbocycles. The number of hydrazone groups is 1. The predicted octanol–water partition coefficient (Wildman–Crippen LogP) is 3.72. The maximum Gasteiger partial charge on any atom is 0.262 e. The van der Waals surface area contributed by atoms with Crippen LogP contribution >= 0.6 is 15.9 Å². The summed E-state index contributed by atoms with van der Waals surface area (Å²) in [6.45, 7) is 3.79. The van der Waals surface area contributed by atoms with Crippen molar-refractivity contribution in [1.29, 1.82) is 0 Å². The Kier molecular flexibility index (Phi) is 6.37. The van der Waals surface area contributed by atoms with E-state index < -0.39 is 6.04 Å². The van der Waals surface area contributed by atoms with E-state index in [0.717, 1.165) is 21.3 Å². The zero-order valence-corrected chi connectivity index (χ0v) is 15.4. The van der Waals surface area contributed by atoms with Crippen LogP contribution in [0.25, 0.3) is 0 Å². The monoisotopic (exact) mass is 389 g/mol. The van der Waals surface area contributed by atoms with E-state index in [1.807, 2.05) is 49.4 Å². The van der Waals surface area contributed by atoms with Crippen molar-refractivity contribution in [2.45, 2.75) is 19.9 Å². The Bertz CT molecular complexity index is 747. The van der Waals surface area contributed by atoms with Gasteiger partial charge in [-0.1, -0.05) is 28.1 Å². The first-order chi connectivity index (χ1) is 11.5. The van der Waals surface area contributed by atoms with Gasteiger partial charge in [-0.2, -0.15) is 5.10 Å². The molecule has 24 heavy (non-hydrogen) atoms. The van der Waals surface area contributed by atoms with Crippen molar-refractivity contribution in [3.8, 4) is 5.75 Å². The van der Waals surface area contributed by atoms with Gasteiger partial charge in [-0.3, -0.25) is 4.79 Å². The van der Waals surface area contributed by atoms with Crippen LogP contribution in [-0.2, 0) is 4.79 Å². The summed E-state index contributed by atoms with van der Waals surface area (Å²) in [5, 5.41) is 7.15. The number of methoxy groups -OCH3 is 1. The molecule has 126 valence electrons. The molecule has 2 aromatic rings. The van der Waals surface area contributed by atoms with Gasteiger partial charge in [0.15, 0.2) is 0 Å². The number of nitrogens with one attached hydrogen (secondary N) is 2. The molecule has 0 radical (unpaired) electrons. The highest BCUT2D eigenvalue weighted by atomic mass is 79.9. The maximum atomic E-state index is 12.1. The van der Waals surface area contributed by atoms with Crippen LogP contribution in [-0.4, -0.2) is 25.3 Å². The van der Waals surface area contributed by atoms with E-state index in [2.05, 4.69) is 31.8 Å². The van der Waals surface area contributed by atoms with Gasteiger partial charge in [0.05, 0.1) is 13.3 Å². The van der Waals surface area contributed by atoms with Gasteiger partial charge in [0.2, 0.25) is 0 Å². The molecule has 0 unspecified atom stereocenters. The zero-order chi connectivity index (χ0) is 17.5. The number of anilines is 1. The standard InChI is InChI=1S/C18H20BrN3O2/c1-12-5-4-6-16(9-12)21-13(2)18(23)22-20-11-14-10-15(19)7-8-17(14)24-3/h4-11,13,21H,1-3H3,(H,22,23)/b20-11-/t13-/m1/s1. The first-order valence-corrected chi connectivity index (χ1v) is 8.28. The molecule has 0 aliphatic rings. The first kappa shape index (κ1) is 18.0. The molecule has 0 bridgehead atoms. The molecule has 0 aliphatic heterocycles. The van der Waals surface area contributed by atoms with Crippen LogP contribution in [0.1, 0.15) is 18.1 Å². The number of halogens is 1. The van der Waals surface area contributed by atoms with Crippen LogP contribution in [0.15, 0.2) is 52.0 Å². The third kappa shape index (κ3) is 5.09. The molecule has 0 heterocycles. The van der Waals surface area contributed by atoms with E-state index in [1.165, 1.54) is 0 Å². The molecule has 2 rings (SSSR count). The molecule has 5 nitrogen and oxygen atoms in total. The number of ether oxygens (including phenoxy) is 1. The molecule has 0 aromatic heterocycles. The number of hydrogen-bond donors (Lipinski definition) is 2. The lowest BCUT2D eigenvalue weighted by molar-refractivity contribution is -0.121. The fraction of sp³-hybridized carbons (Fsp3) is 0.222. The fourth-order valence-corrected chi connectivity index (χ4v) is 2.50. The summed E-state index contributed by atoms with van der Waals surface area (Å²) in [5.74, 6) is 0.462. The summed E-state index contributed by atoms with van der Waals surface area (Å²) in [5.41, 5.74) is 5.33. The lowest BCUT2D eigenvalue weighted by Gasteiger charge is -2.13. The molecule has 2 N–H and O–H groups in total.